The molecule has 4 amide bonds. The van der Waals surface area contributed by atoms with Gasteiger partial charge >= 0.3 is 143 Å². The number of carbonyl (C=O) groups is 4. The minimum absolute atomic E-state index is 0. The predicted octanol–water partition coefficient (Wildman–Crippen LogP) is -27.8. The van der Waals surface area contributed by atoms with Crippen molar-refractivity contribution in [2.75, 3.05) is 39.6 Å². The molecule has 0 aromatic carbocycles. The van der Waals surface area contributed by atoms with E-state index in [9.17, 15) is 106 Å². The fourth-order valence-electron chi connectivity index (χ4n) is 12.1. The number of nitrogens with one attached hydrogen (secondary N) is 4. The summed E-state index contributed by atoms with van der Waals surface area (Å²) in [7, 11) is 0. The maximum atomic E-state index is 12.6. The predicted molar refractivity (Wildman–Crippen MR) is 331 cm³/mol. The van der Waals surface area contributed by atoms with Crippen LogP contribution in [0.2, 0.25) is 0 Å². The first-order chi connectivity index (χ1) is 52.7. The molecule has 0 aromatic heterocycles. The van der Waals surface area contributed by atoms with Gasteiger partial charge in [-0.05, 0) is 50.2 Å². The Balaban J connectivity index is 0.00000763. The summed E-state index contributed by atoms with van der Waals surface area (Å²) in [6.07, 6.45) is -54.0. The van der Waals surface area contributed by atoms with E-state index in [1.165, 1.54) is 0 Å². The quantitative estimate of drug-likeness (QED) is 0.0196. The first-order valence-corrected chi connectivity index (χ1v) is 33.5. The van der Waals surface area contributed by atoms with Gasteiger partial charge in [0.15, 0.2) is 50.3 Å². The van der Waals surface area contributed by atoms with Crippen LogP contribution in [0, 0.1) is 26.4 Å². The van der Waals surface area contributed by atoms with Crippen LogP contribution < -0.4 is 145 Å². The van der Waals surface area contributed by atoms with Gasteiger partial charge in [-0.1, -0.05) is 0 Å². The van der Waals surface area contributed by atoms with Gasteiger partial charge in [-0.2, -0.15) is 64.8 Å². The van der Waals surface area contributed by atoms with E-state index in [1.54, 1.807) is 0 Å². The van der Waals surface area contributed by atoms with Crippen LogP contribution in [0.5, 0.6) is 0 Å². The molecule has 0 radical (unpaired) electrons. The second-order valence-electron chi connectivity index (χ2n) is 25.0. The molecule has 636 valence electrons. The topological polar surface area (TPSA) is 771 Å². The number of carbonyl (C=O) groups excluding carboxylic acids is 12. The first-order valence-electron chi connectivity index (χ1n) is 33.5. The number of aliphatic hydroxyl groups is 17. The van der Waals surface area contributed by atoms with Crippen LogP contribution in [-0.2, 0) is 133 Å². The molecule has 8 heterocycles. The normalized spacial score (nSPS) is 39.9. The number of unbranched alkanes of at least 4 members (excludes halogenated alkanes) is 2. The fraction of sp³-hybridized carbons (Fsp3) is 0.803. The van der Waals surface area contributed by atoms with Crippen molar-refractivity contribution < 1.29 is 338 Å². The summed E-state index contributed by atoms with van der Waals surface area (Å²) in [5.41, 5.74) is 5.52. The van der Waals surface area contributed by atoms with Crippen molar-refractivity contribution in [3.8, 4) is 0 Å². The Hall–Kier alpha value is -1.96. The Morgan fingerprint density at radius 1 is 0.322 bits per heavy atom. The molecule has 0 aliphatic carbocycles. The van der Waals surface area contributed by atoms with Gasteiger partial charge in [0.2, 0.25) is 23.6 Å². The maximum absolute atomic E-state index is 12.6. The summed E-state index contributed by atoms with van der Waals surface area (Å²) < 4.78 is 91.9. The molecule has 0 bridgehead atoms. The molecule has 12 unspecified atom stereocenters. The summed E-state index contributed by atoms with van der Waals surface area (Å²) in [5.74, 6) is -3.03. The minimum Gasteiger partial charge on any atom is -0.525 e. The summed E-state index contributed by atoms with van der Waals surface area (Å²) in [6, 6.07) is -6.39. The van der Waals surface area contributed by atoms with Gasteiger partial charge in [-0.15, -0.1) is 0 Å². The summed E-state index contributed by atoms with van der Waals surface area (Å²) >= 11 is 0. The Labute approximate surface area is 741 Å². The number of aliphatic hydroxyl groups excluding tert-OH is 17. The van der Waals surface area contributed by atoms with Crippen molar-refractivity contribution in [3.05, 3.63) is 26.4 Å². The zero-order valence-electron chi connectivity index (χ0n) is 63.1. The molecule has 23 N–H and O–H groups in total. The molecule has 8 fully saturated rings. The average Bonchev–Trinajstić information content (AvgIpc) is 0.782. The molecule has 50 nitrogen and oxygen atoms in total. The van der Waals surface area contributed by atoms with E-state index < -0.39 is 271 Å². The van der Waals surface area contributed by atoms with E-state index >= 15 is 0 Å². The molecule has 8 saturated heterocycles. The van der Waals surface area contributed by atoms with E-state index in [-0.39, 0.29) is 149 Å². The van der Waals surface area contributed by atoms with Crippen molar-refractivity contribution in [2.24, 2.45) is 5.73 Å². The number of ether oxygens (including phenoxy) is 16. The van der Waals surface area contributed by atoms with E-state index in [4.69, 9.17) is 120 Å². The molecule has 8 aliphatic rings. The Morgan fingerprint density at radius 2 is 0.557 bits per heavy atom. The van der Waals surface area contributed by atoms with Crippen molar-refractivity contribution in [1.29, 1.82) is 0 Å². The molecule has 8 rings (SSSR count). The van der Waals surface area contributed by atoms with Crippen LogP contribution >= 0.6 is 0 Å². The molecular formula is C61H93N5Na4O45. The van der Waals surface area contributed by atoms with Crippen LogP contribution in [0.15, 0.2) is 0 Å². The summed E-state index contributed by atoms with van der Waals surface area (Å²) in [5, 5.41) is 197. The second-order valence-corrected chi connectivity index (χ2v) is 25.0. The van der Waals surface area contributed by atoms with Gasteiger partial charge in [0.1, 0.15) is 122 Å². The Bertz CT molecular complexity index is 2910. The van der Waals surface area contributed by atoms with E-state index in [1.807, 2.05) is 0 Å². The fourth-order valence-corrected chi connectivity index (χ4v) is 12.1. The number of nitrogens with two attached hydrogens (primary N) is 1. The summed E-state index contributed by atoms with van der Waals surface area (Å²) in [4.78, 5) is 115. The van der Waals surface area contributed by atoms with Crippen LogP contribution in [0.25, 0.3) is 0 Å². The van der Waals surface area contributed by atoms with Crippen LogP contribution in [0.1, 0.15) is 47.0 Å². The minimum atomic E-state index is -2.15. The van der Waals surface area contributed by atoms with E-state index in [0.29, 0.717) is 13.0 Å². The molecule has 0 aromatic rings. The molecular weight excluding hydrogens is 1610 g/mol. The standard InChI is InChI=1S/C57H93N5O37.4CO2.4Na/c1-18(67)59-30-39(76)34(71)22(10-63)89-50(30)93-27-15-86-55(44(81)36(27)73)97-48-24(12-65)91-52(32(41(48)78)61-20(3)69)95-29-17-88-57(46(83)38(29)75)99-49-25(13-66)92-53(33(42(49)79)62-21(4)70)96-28-16-87-56(45(82)37(28)74)98-47-23(11-64)90-51(31(40(47)77)60-19(2)68)94-26-14-85-54(43(80)35(26)72)84-9-7-5-6-8-58;4*2-1-3;;;;/h14-17,22-57,63-66,71-83H,5-13,58H2,1-4H3,(H,59,67)(H,60,68)(H,61,69)(H,62,70);;;;;;;;/q-4;;;;;4*+1/t22?,23?,24?,25?,26-,27-,28-,29-,30?,31?,32?,33?,34-,35-,36-,37-,38-,39-,40-,41-,42-,43?,44?,45?,46?,47-,48-,49-,50-,51-,52-,53-,54-,55+,56+,57+;;;;;;;;/m1......../s1. The number of hydrogen-bond acceptors (Lipinski definition) is 46. The Kier molecular flexibility index (Phi) is 56.5. The maximum Gasteiger partial charge on any atom is 1.00 e. The van der Waals surface area contributed by atoms with Crippen LogP contribution in [-0.4, -0.2) is 396 Å². The zero-order valence-corrected chi connectivity index (χ0v) is 71.1. The van der Waals surface area contributed by atoms with Crippen LogP contribution in [0.3, 0.4) is 0 Å². The van der Waals surface area contributed by atoms with E-state index in [2.05, 4.69) is 21.3 Å². The monoisotopic (exact) mass is 1710 g/mol. The SMILES string of the molecule is CC(=O)NC1[C@@H](O[C@@H]2[CH-]O[C@@H](O[C@@H]3C(CO)O[C@H](O[C@@H]4[CH-]O[C@@H](O[C@@H]5C(CO)O[C@H](O[C@@H]6[CH-]O[C@@H](O[C@@H]7C(CO)O[C@H](O[C@@H]8[CH-]O[C@@H](OCCCCCN)C(O)[C@@H]8O)C(NC(C)=O)[C@H]7O)C(O)[C@@H]6O)C(NC(C)=O)[C@H]5O)C(O)[C@@H]4O)C(NC(C)=O)[C@H]3O)C(O)[C@@H]2O)OC(CO)[C@@H](O)[C@@H]1O.O=C=O.O=C=O.O=C=O.O=C=O.[Na+].[Na+].[Na+].[Na+]. The zero-order chi connectivity index (χ0) is 83.3. The largest absolute Gasteiger partial charge is 1.00 e. The van der Waals surface area contributed by atoms with Gasteiger partial charge in [0.25, 0.3) is 0 Å². The third kappa shape index (κ3) is 32.3. The molecule has 36 atom stereocenters. The average molecular weight is 1710 g/mol. The third-order valence-corrected chi connectivity index (χ3v) is 17.3. The molecule has 8 aliphatic heterocycles. The van der Waals surface area contributed by atoms with E-state index in [0.717, 1.165) is 67.0 Å². The number of amides is 4. The first kappa shape index (κ1) is 113. The van der Waals surface area contributed by atoms with Crippen molar-refractivity contribution in [2.45, 2.75) is 268 Å². The summed E-state index contributed by atoms with van der Waals surface area (Å²) in [6.45, 7) is 4.60. The number of hydrogen-bond donors (Lipinski definition) is 22. The van der Waals surface area contributed by atoms with Crippen molar-refractivity contribution >= 4 is 48.2 Å². The van der Waals surface area contributed by atoms with Gasteiger partial charge in [-0.25, -0.2) is 0 Å². The smallest absolute Gasteiger partial charge is 0.525 e. The molecule has 115 heavy (non-hydrogen) atoms. The van der Waals surface area contributed by atoms with Gasteiger partial charge in [-0.3, -0.25) is 19.2 Å². The molecule has 0 saturated carbocycles. The van der Waals surface area contributed by atoms with Crippen molar-refractivity contribution in [1.82, 2.24) is 21.3 Å². The second kappa shape index (κ2) is 57.5. The molecule has 0 spiro atoms. The third-order valence-electron chi connectivity index (χ3n) is 17.3. The van der Waals surface area contributed by atoms with Crippen molar-refractivity contribution in [3.63, 3.8) is 0 Å². The Morgan fingerprint density at radius 3 is 0.800 bits per heavy atom. The van der Waals surface area contributed by atoms with Gasteiger partial charge in [0.05, 0.1) is 50.8 Å². The van der Waals surface area contributed by atoms with Crippen LogP contribution in [0.4, 0.5) is 0 Å². The van der Waals surface area contributed by atoms with Gasteiger partial charge in [0, 0.05) is 34.3 Å². The molecule has 54 heteroatoms. The van der Waals surface area contributed by atoms with Gasteiger partial charge < -0.3 is 190 Å². The number of rotatable bonds is 28.